The Morgan fingerprint density at radius 1 is 1.17 bits per heavy atom. The van der Waals surface area contributed by atoms with Crippen molar-refractivity contribution in [2.24, 2.45) is 0 Å². The summed E-state index contributed by atoms with van der Waals surface area (Å²) in [5.41, 5.74) is 1.18. The molecule has 2 aromatic rings. The molecule has 1 atom stereocenters. The second-order valence-corrected chi connectivity index (χ2v) is 7.28. The summed E-state index contributed by atoms with van der Waals surface area (Å²) >= 11 is 3.09. The molecule has 126 valence electrons. The number of thioether (sulfide) groups is 2. The van der Waals surface area contributed by atoms with Gasteiger partial charge in [-0.2, -0.15) is 0 Å². The quantitative estimate of drug-likeness (QED) is 0.580. The number of hydrogen-bond donors (Lipinski definition) is 0. The summed E-state index contributed by atoms with van der Waals surface area (Å²) in [4.78, 5) is 14.8. The number of benzene rings is 2. The van der Waals surface area contributed by atoms with Gasteiger partial charge < -0.3 is 4.90 Å². The number of amides is 1. The lowest BCUT2D eigenvalue weighted by Gasteiger charge is -2.24. The van der Waals surface area contributed by atoms with E-state index in [0.717, 1.165) is 22.6 Å². The minimum Gasteiger partial charge on any atom is -0.322 e. The van der Waals surface area contributed by atoms with Crippen LogP contribution in [0, 0.1) is 17.5 Å². The van der Waals surface area contributed by atoms with Crippen LogP contribution in [-0.2, 0) is 11.3 Å². The van der Waals surface area contributed by atoms with E-state index in [4.69, 9.17) is 0 Å². The van der Waals surface area contributed by atoms with Crippen LogP contribution in [0.4, 0.5) is 13.2 Å². The molecule has 0 N–H and O–H groups in total. The van der Waals surface area contributed by atoms with E-state index in [1.165, 1.54) is 11.8 Å². The lowest BCUT2D eigenvalue weighted by Crippen LogP contribution is -2.27. The molecule has 1 unspecified atom stereocenters. The fourth-order valence-electron chi connectivity index (χ4n) is 2.57. The first kappa shape index (κ1) is 17.2. The van der Waals surface area contributed by atoms with Gasteiger partial charge >= 0.3 is 0 Å². The molecule has 1 saturated heterocycles. The van der Waals surface area contributed by atoms with Crippen LogP contribution in [-0.4, -0.2) is 22.8 Å². The smallest absolute Gasteiger partial charge is 0.234 e. The topological polar surface area (TPSA) is 20.3 Å². The number of carbonyl (C=O) groups excluding carboxylic acids is 1. The molecular formula is C17H14F3NOS2. The van der Waals surface area contributed by atoms with Crippen LogP contribution in [0.5, 0.6) is 0 Å². The van der Waals surface area contributed by atoms with Crippen molar-refractivity contribution in [2.45, 2.75) is 16.8 Å². The number of nitrogens with zero attached hydrogens (tertiary/aromatic N) is 1. The highest BCUT2D eigenvalue weighted by atomic mass is 32.2. The molecule has 2 aromatic carbocycles. The van der Waals surface area contributed by atoms with Gasteiger partial charge in [0.15, 0.2) is 17.5 Å². The Morgan fingerprint density at radius 3 is 2.38 bits per heavy atom. The van der Waals surface area contributed by atoms with E-state index >= 15 is 0 Å². The Labute approximate surface area is 146 Å². The lowest BCUT2D eigenvalue weighted by molar-refractivity contribution is -0.128. The largest absolute Gasteiger partial charge is 0.322 e. The maximum atomic E-state index is 13.4. The van der Waals surface area contributed by atoms with E-state index in [9.17, 15) is 18.0 Å². The summed E-state index contributed by atoms with van der Waals surface area (Å²) < 4.78 is 39.9. The zero-order valence-electron chi connectivity index (χ0n) is 12.8. The molecule has 1 aliphatic heterocycles. The maximum absolute atomic E-state index is 13.4. The minimum atomic E-state index is -1.50. The van der Waals surface area contributed by atoms with Crippen LogP contribution in [0.1, 0.15) is 16.5 Å². The van der Waals surface area contributed by atoms with Gasteiger partial charge in [0.2, 0.25) is 5.91 Å². The van der Waals surface area contributed by atoms with E-state index in [0.29, 0.717) is 5.75 Å². The molecule has 0 aromatic heterocycles. The molecule has 0 saturated carbocycles. The Bertz CT molecular complexity index is 744. The average Bonchev–Trinajstić information content (AvgIpc) is 2.93. The fraction of sp³-hybridized carbons (Fsp3) is 0.235. The predicted octanol–water partition coefficient (Wildman–Crippen LogP) is 4.60. The van der Waals surface area contributed by atoms with Crippen molar-refractivity contribution in [3.63, 3.8) is 0 Å². The molecule has 0 aliphatic carbocycles. The third kappa shape index (κ3) is 3.42. The zero-order valence-corrected chi connectivity index (χ0v) is 14.4. The van der Waals surface area contributed by atoms with Gasteiger partial charge in [0, 0.05) is 11.4 Å². The van der Waals surface area contributed by atoms with Crippen LogP contribution >= 0.6 is 23.5 Å². The normalized spacial score (nSPS) is 17.6. The third-order valence-electron chi connectivity index (χ3n) is 3.77. The fourth-order valence-corrected chi connectivity index (χ4v) is 4.16. The summed E-state index contributed by atoms with van der Waals surface area (Å²) in [6.07, 6.45) is 1.98. The summed E-state index contributed by atoms with van der Waals surface area (Å²) in [5.74, 6) is -3.79. The van der Waals surface area contributed by atoms with E-state index in [2.05, 4.69) is 0 Å². The van der Waals surface area contributed by atoms with Crippen LogP contribution in [0.3, 0.4) is 0 Å². The van der Waals surface area contributed by atoms with Crippen LogP contribution in [0.2, 0.25) is 0 Å². The van der Waals surface area contributed by atoms with Crippen molar-refractivity contribution >= 4 is 29.4 Å². The van der Waals surface area contributed by atoms with Crippen molar-refractivity contribution in [3.8, 4) is 0 Å². The second-order valence-electron chi connectivity index (χ2n) is 5.33. The van der Waals surface area contributed by atoms with Crippen LogP contribution in [0.15, 0.2) is 41.3 Å². The SMILES string of the molecule is CSc1ccc(C2SCC(=O)N2Cc2cc(F)c(F)c(F)c2)cc1. The maximum Gasteiger partial charge on any atom is 0.234 e. The summed E-state index contributed by atoms with van der Waals surface area (Å²) in [5, 5.41) is -0.218. The molecule has 0 bridgehead atoms. The van der Waals surface area contributed by atoms with E-state index in [1.807, 2.05) is 30.5 Å². The highest BCUT2D eigenvalue weighted by Gasteiger charge is 2.33. The van der Waals surface area contributed by atoms with Crippen molar-refractivity contribution < 1.29 is 18.0 Å². The highest BCUT2D eigenvalue weighted by molar-refractivity contribution is 8.00. The number of hydrogen-bond acceptors (Lipinski definition) is 3. The van der Waals surface area contributed by atoms with Gasteiger partial charge in [0.05, 0.1) is 5.75 Å². The summed E-state index contributed by atoms with van der Waals surface area (Å²) in [6.45, 7) is 0.0366. The molecule has 7 heteroatoms. The number of rotatable bonds is 4. The minimum absolute atomic E-state index is 0.0366. The highest BCUT2D eigenvalue weighted by Crippen LogP contribution is 2.40. The monoisotopic (exact) mass is 369 g/mol. The van der Waals surface area contributed by atoms with Crippen molar-refractivity contribution in [1.29, 1.82) is 0 Å². The van der Waals surface area contributed by atoms with Gasteiger partial charge in [-0.25, -0.2) is 13.2 Å². The molecule has 1 fully saturated rings. The van der Waals surface area contributed by atoms with Gasteiger partial charge in [0.25, 0.3) is 0 Å². The predicted molar refractivity (Wildman–Crippen MR) is 90.3 cm³/mol. The Balaban J connectivity index is 1.85. The zero-order chi connectivity index (χ0) is 17.3. The summed E-state index contributed by atoms with van der Waals surface area (Å²) in [7, 11) is 0. The Morgan fingerprint density at radius 2 is 1.79 bits per heavy atom. The van der Waals surface area contributed by atoms with Crippen LogP contribution < -0.4 is 0 Å². The summed E-state index contributed by atoms with van der Waals surface area (Å²) in [6, 6.07) is 9.70. The van der Waals surface area contributed by atoms with Gasteiger partial charge in [-0.1, -0.05) is 12.1 Å². The molecule has 0 radical (unpaired) electrons. The molecule has 2 nitrogen and oxygen atoms in total. The van der Waals surface area contributed by atoms with Crippen molar-refractivity contribution in [1.82, 2.24) is 4.90 Å². The lowest BCUT2D eigenvalue weighted by atomic mass is 10.1. The molecule has 1 aliphatic rings. The van der Waals surface area contributed by atoms with Gasteiger partial charge in [0.1, 0.15) is 5.37 Å². The van der Waals surface area contributed by atoms with Gasteiger partial charge in [-0.05, 0) is 41.6 Å². The first-order valence-electron chi connectivity index (χ1n) is 7.18. The third-order valence-corrected chi connectivity index (χ3v) is 5.77. The molecule has 1 heterocycles. The standard InChI is InChI=1S/C17H14F3NOS2/c1-23-12-4-2-11(3-5-12)17-21(15(22)9-24-17)8-10-6-13(18)16(20)14(19)7-10/h2-7,17H,8-9H2,1H3. The average molecular weight is 369 g/mol. The number of halogens is 3. The van der Waals surface area contributed by atoms with E-state index in [1.54, 1.807) is 16.7 Å². The molecule has 1 amide bonds. The second kappa shape index (κ2) is 7.11. The van der Waals surface area contributed by atoms with Gasteiger partial charge in [-0.3, -0.25) is 4.79 Å². The molecule has 24 heavy (non-hydrogen) atoms. The first-order valence-corrected chi connectivity index (χ1v) is 9.45. The first-order chi connectivity index (χ1) is 11.5. The molecule has 0 spiro atoms. The molecule has 3 rings (SSSR count). The van der Waals surface area contributed by atoms with Crippen molar-refractivity contribution in [2.75, 3.05) is 12.0 Å². The molecular weight excluding hydrogens is 355 g/mol. The van der Waals surface area contributed by atoms with E-state index in [-0.39, 0.29) is 23.4 Å². The van der Waals surface area contributed by atoms with Crippen molar-refractivity contribution in [3.05, 3.63) is 65.0 Å². The Hall–Kier alpha value is -1.60. The van der Waals surface area contributed by atoms with Gasteiger partial charge in [-0.15, -0.1) is 23.5 Å². The number of carbonyl (C=O) groups is 1. The van der Waals surface area contributed by atoms with E-state index < -0.39 is 17.5 Å². The Kier molecular flexibility index (Phi) is 5.10. The van der Waals surface area contributed by atoms with Crippen LogP contribution in [0.25, 0.3) is 0 Å².